The van der Waals surface area contributed by atoms with Crippen LogP contribution in [0.5, 0.6) is 0 Å². The first-order valence-corrected chi connectivity index (χ1v) is 8.40. The van der Waals surface area contributed by atoms with E-state index in [-0.39, 0.29) is 40.8 Å². The van der Waals surface area contributed by atoms with Crippen LogP contribution in [0.2, 0.25) is 0 Å². The minimum atomic E-state index is 0. The van der Waals surface area contributed by atoms with Crippen molar-refractivity contribution in [2.45, 2.75) is 26.7 Å². The van der Waals surface area contributed by atoms with Crippen LogP contribution in [-0.2, 0) is 0 Å². The molecule has 1 saturated carbocycles. The molecule has 0 N–H and O–H groups in total. The molecule has 0 unspecified atom stereocenters. The van der Waals surface area contributed by atoms with Crippen LogP contribution in [-0.4, -0.2) is 22.7 Å². The smallest absolute Gasteiger partial charge is 0.0760 e. The first-order chi connectivity index (χ1) is 11.0. The van der Waals surface area contributed by atoms with E-state index in [0.717, 1.165) is 22.6 Å². The summed E-state index contributed by atoms with van der Waals surface area (Å²) < 4.78 is 1.91. The fourth-order valence-electron chi connectivity index (χ4n) is 4.01. The van der Waals surface area contributed by atoms with Crippen LogP contribution in [0.15, 0.2) is 43.8 Å². The van der Waals surface area contributed by atoms with E-state index in [0.29, 0.717) is 5.41 Å². The van der Waals surface area contributed by atoms with Crippen molar-refractivity contribution in [2.24, 2.45) is 11.3 Å². The number of rotatable bonds is 4. The van der Waals surface area contributed by atoms with Gasteiger partial charge in [0.2, 0.25) is 0 Å². The Labute approximate surface area is 177 Å². The van der Waals surface area contributed by atoms with Gasteiger partial charge in [0.25, 0.3) is 0 Å². The standard InChI is InChI=1S/C20H24N3.Nd/c1-5-15(4)18-11-21-23-7-6-17(8-19(18)23)22-12-20(13-22)9-16(10-20)14(2)3;/h5-8,11,14H,1,4,9-10,12-13H2,2-3H3;/q-1;. The molecule has 0 amide bonds. The third kappa shape index (κ3) is 2.88. The molecule has 1 aliphatic carbocycles. The van der Waals surface area contributed by atoms with Crippen molar-refractivity contribution >= 4 is 16.8 Å². The van der Waals surface area contributed by atoms with Crippen molar-refractivity contribution in [3.8, 4) is 0 Å². The van der Waals surface area contributed by atoms with Gasteiger partial charge in [0.1, 0.15) is 0 Å². The van der Waals surface area contributed by atoms with Crippen LogP contribution < -0.4 is 4.90 Å². The molecule has 0 aromatic carbocycles. The molecule has 2 aromatic heterocycles. The van der Waals surface area contributed by atoms with E-state index in [2.05, 4.69) is 49.1 Å². The van der Waals surface area contributed by atoms with Gasteiger partial charge in [-0.3, -0.25) is 0 Å². The van der Waals surface area contributed by atoms with E-state index in [4.69, 9.17) is 0 Å². The Morgan fingerprint density at radius 3 is 2.71 bits per heavy atom. The Hall–Kier alpha value is -0.679. The van der Waals surface area contributed by atoms with Gasteiger partial charge in [-0.2, -0.15) is 23.9 Å². The fraction of sp³-hybridized carbons (Fsp3) is 0.400. The van der Waals surface area contributed by atoms with Gasteiger partial charge in [-0.05, 0) is 23.1 Å². The van der Waals surface area contributed by atoms with E-state index in [9.17, 15) is 0 Å². The molecule has 0 atom stereocenters. The van der Waals surface area contributed by atoms with Gasteiger partial charge >= 0.3 is 0 Å². The van der Waals surface area contributed by atoms with Crippen LogP contribution in [0.4, 0.5) is 5.69 Å². The molecular formula is C20H24N3Nd-. The maximum Gasteiger partial charge on any atom is 0.0760 e. The maximum atomic E-state index is 4.40. The molecule has 1 aliphatic heterocycles. The molecule has 0 radical (unpaired) electrons. The zero-order valence-electron chi connectivity index (χ0n) is 14.5. The monoisotopic (exact) mass is 448 g/mol. The molecule has 24 heavy (non-hydrogen) atoms. The summed E-state index contributed by atoms with van der Waals surface area (Å²) >= 11 is 0. The summed E-state index contributed by atoms with van der Waals surface area (Å²) in [4.78, 5) is 2.49. The summed E-state index contributed by atoms with van der Waals surface area (Å²) in [5, 5.41) is 4.40. The molecule has 1 saturated heterocycles. The number of anilines is 1. The van der Waals surface area contributed by atoms with E-state index in [1.165, 1.54) is 31.6 Å². The zero-order valence-corrected chi connectivity index (χ0v) is 17.8. The fourth-order valence-corrected chi connectivity index (χ4v) is 4.01. The maximum absolute atomic E-state index is 4.40. The number of aromatic nitrogens is 2. The number of fused-ring (bicyclic) bond motifs is 1. The van der Waals surface area contributed by atoms with Gasteiger partial charge in [0.15, 0.2) is 0 Å². The van der Waals surface area contributed by atoms with Crippen molar-refractivity contribution in [2.75, 3.05) is 18.0 Å². The predicted molar refractivity (Wildman–Crippen MR) is 96.4 cm³/mol. The van der Waals surface area contributed by atoms with E-state index in [1.54, 1.807) is 12.0 Å². The molecule has 0 bridgehead atoms. The zero-order chi connectivity index (χ0) is 16.2. The quantitative estimate of drug-likeness (QED) is 0.510. The van der Waals surface area contributed by atoms with Crippen molar-refractivity contribution in [3.63, 3.8) is 0 Å². The van der Waals surface area contributed by atoms with Crippen LogP contribution in [0.1, 0.15) is 32.3 Å². The van der Waals surface area contributed by atoms with Gasteiger partial charge in [0, 0.05) is 71.4 Å². The topological polar surface area (TPSA) is 20.5 Å². The van der Waals surface area contributed by atoms with Crippen LogP contribution in [0.3, 0.4) is 0 Å². The second-order valence-corrected chi connectivity index (χ2v) is 7.52. The first-order valence-electron chi connectivity index (χ1n) is 8.40. The van der Waals surface area contributed by atoms with Gasteiger partial charge in [-0.15, -0.1) is 0 Å². The van der Waals surface area contributed by atoms with Crippen LogP contribution in [0.25, 0.3) is 11.1 Å². The number of pyridine rings is 1. The van der Waals surface area contributed by atoms with Gasteiger partial charge in [0.05, 0.1) is 11.7 Å². The van der Waals surface area contributed by atoms with Crippen molar-refractivity contribution in [3.05, 3.63) is 55.2 Å². The van der Waals surface area contributed by atoms with Crippen molar-refractivity contribution in [1.82, 2.24) is 9.61 Å². The molecule has 3 heterocycles. The van der Waals surface area contributed by atoms with Gasteiger partial charge in [-0.1, -0.05) is 33.1 Å². The third-order valence-electron chi connectivity index (χ3n) is 5.54. The number of allylic oxidation sites excluding steroid dienone is 2. The largest absolute Gasteiger partial charge is 0.371 e. The van der Waals surface area contributed by atoms with Gasteiger partial charge < -0.3 is 10.8 Å². The summed E-state index contributed by atoms with van der Waals surface area (Å²) in [7, 11) is 0. The third-order valence-corrected chi connectivity index (χ3v) is 5.54. The van der Waals surface area contributed by atoms with Gasteiger partial charge in [-0.25, -0.2) is 4.52 Å². The van der Waals surface area contributed by atoms with Crippen LogP contribution in [0, 0.1) is 58.1 Å². The molecule has 4 rings (SSSR count). The molecule has 3 nitrogen and oxygen atoms in total. The molecule has 1 spiro atoms. The minimum absolute atomic E-state index is 0. The molecule has 2 aromatic rings. The predicted octanol–water partition coefficient (Wildman–Crippen LogP) is 4.36. The molecular weight excluding hydrogens is 426 g/mol. The normalized spacial score (nSPS) is 19.0. The van der Waals surface area contributed by atoms with E-state index >= 15 is 0 Å². The molecule has 2 aliphatic rings. The Morgan fingerprint density at radius 1 is 1.38 bits per heavy atom. The summed E-state index contributed by atoms with van der Waals surface area (Å²) in [5.74, 6) is 2.51. The average Bonchev–Trinajstić information content (AvgIpc) is 2.86. The summed E-state index contributed by atoms with van der Waals surface area (Å²) in [6.07, 6.45) is 8.36. The number of hydrogen-bond acceptors (Lipinski definition) is 2. The van der Waals surface area contributed by atoms with E-state index in [1.807, 2.05) is 16.9 Å². The Morgan fingerprint density at radius 2 is 2.08 bits per heavy atom. The summed E-state index contributed by atoms with van der Waals surface area (Å²) in [6.45, 7) is 14.9. The van der Waals surface area contributed by atoms with Crippen LogP contribution >= 0.6 is 0 Å². The summed E-state index contributed by atoms with van der Waals surface area (Å²) in [5.41, 5.74) is 4.96. The summed E-state index contributed by atoms with van der Waals surface area (Å²) in [6, 6.07) is 4.40. The second-order valence-electron chi connectivity index (χ2n) is 7.52. The number of hydrogen-bond donors (Lipinski definition) is 0. The van der Waals surface area contributed by atoms with E-state index < -0.39 is 0 Å². The SMILES string of the molecule is C=CC(=C)c1cnn2ccc(N3CC4(C[C-](C(C)C)C4)C3)cc12.[Nd]. The van der Waals surface area contributed by atoms with Crippen molar-refractivity contribution in [1.29, 1.82) is 0 Å². The molecule has 4 heteroatoms. The first kappa shape index (κ1) is 18.1. The average molecular weight is 451 g/mol. The molecule has 2 fully saturated rings. The molecule has 124 valence electrons. The number of nitrogens with zero attached hydrogens (tertiary/aromatic N) is 3. The van der Waals surface area contributed by atoms with Crippen molar-refractivity contribution < 1.29 is 40.8 Å². The Kier molecular flexibility index (Phi) is 4.96. The Balaban J connectivity index is 0.00000169. The second kappa shape index (κ2) is 6.56. The Bertz CT molecular complexity index is 775. The minimum Gasteiger partial charge on any atom is -0.371 e.